The van der Waals surface area contributed by atoms with Crippen molar-refractivity contribution in [2.75, 3.05) is 13.1 Å². The Morgan fingerprint density at radius 2 is 2.12 bits per heavy atom. The van der Waals surface area contributed by atoms with Gasteiger partial charge in [-0.2, -0.15) is 0 Å². The Bertz CT molecular complexity index is 654. The highest BCUT2D eigenvalue weighted by atomic mass is 35.5. The molecule has 6 heteroatoms. The molecule has 2 aliphatic rings. The molecule has 1 atom stereocenters. The van der Waals surface area contributed by atoms with Gasteiger partial charge in [-0.1, -0.05) is 30.7 Å². The maximum absolute atomic E-state index is 13.0. The molecule has 1 aliphatic heterocycles. The molecule has 0 bridgehead atoms. The van der Waals surface area contributed by atoms with Crippen LogP contribution in [0, 0.1) is 5.92 Å². The highest BCUT2D eigenvalue weighted by Gasteiger charge is 2.36. The summed E-state index contributed by atoms with van der Waals surface area (Å²) in [5, 5.41) is 6.90. The van der Waals surface area contributed by atoms with Crippen LogP contribution in [0.25, 0.3) is 0 Å². The number of nitrogens with zero attached hydrogens (tertiary/aromatic N) is 1. The minimum absolute atomic E-state index is 0.0288. The molecular weight excluding hydrogens is 350 g/mol. The first-order valence-corrected chi connectivity index (χ1v) is 10.0. The Balaban J connectivity index is 1.70. The molecule has 0 spiro atoms. The lowest BCUT2D eigenvalue weighted by molar-refractivity contribution is -0.137. The van der Waals surface area contributed by atoms with Crippen LogP contribution in [0.5, 0.6) is 0 Å². The Hall–Kier alpha value is -1.59. The molecule has 0 aromatic heterocycles. The Labute approximate surface area is 160 Å². The van der Waals surface area contributed by atoms with Crippen molar-refractivity contribution in [2.24, 2.45) is 5.92 Å². The van der Waals surface area contributed by atoms with Gasteiger partial charge < -0.3 is 15.5 Å². The van der Waals surface area contributed by atoms with Crippen molar-refractivity contribution < 1.29 is 9.59 Å². The second kappa shape index (κ2) is 8.87. The lowest BCUT2D eigenvalue weighted by Crippen LogP contribution is -2.43. The van der Waals surface area contributed by atoms with Crippen molar-refractivity contribution in [3.05, 3.63) is 34.3 Å². The first-order valence-electron chi connectivity index (χ1n) is 9.63. The minimum atomic E-state index is 0.0288. The van der Waals surface area contributed by atoms with E-state index in [9.17, 15) is 9.59 Å². The van der Waals surface area contributed by atoms with E-state index >= 15 is 0 Å². The minimum Gasteiger partial charge on any atom is -0.352 e. The summed E-state index contributed by atoms with van der Waals surface area (Å²) in [4.78, 5) is 26.5. The van der Waals surface area contributed by atoms with Gasteiger partial charge in [0.25, 0.3) is 0 Å². The maximum Gasteiger partial charge on any atom is 0.227 e. The second-order valence-electron chi connectivity index (χ2n) is 7.30. The maximum atomic E-state index is 13.0. The molecule has 1 aromatic carbocycles. The SMILES string of the molecule is CCC(=O)NCc1ccc(Cl)c(CN(C(=O)C2CCCNC2)C2CC2)c1. The topological polar surface area (TPSA) is 61.4 Å². The van der Waals surface area contributed by atoms with E-state index < -0.39 is 0 Å². The predicted molar refractivity (Wildman–Crippen MR) is 103 cm³/mol. The third-order valence-corrected chi connectivity index (χ3v) is 5.55. The van der Waals surface area contributed by atoms with E-state index in [2.05, 4.69) is 10.6 Å². The third kappa shape index (κ3) is 4.98. The van der Waals surface area contributed by atoms with Gasteiger partial charge in [0, 0.05) is 37.1 Å². The summed E-state index contributed by atoms with van der Waals surface area (Å²) in [6.07, 6.45) is 4.65. The van der Waals surface area contributed by atoms with E-state index in [0.717, 1.165) is 49.9 Å². The van der Waals surface area contributed by atoms with E-state index in [1.165, 1.54) is 0 Å². The summed E-state index contributed by atoms with van der Waals surface area (Å²) in [5.41, 5.74) is 1.97. The third-order valence-electron chi connectivity index (χ3n) is 5.18. The highest BCUT2D eigenvalue weighted by Crippen LogP contribution is 2.32. The fourth-order valence-electron chi connectivity index (χ4n) is 3.44. The number of carbonyl (C=O) groups is 2. The van der Waals surface area contributed by atoms with Crippen LogP contribution in [-0.2, 0) is 22.7 Å². The van der Waals surface area contributed by atoms with E-state index in [-0.39, 0.29) is 17.7 Å². The molecule has 1 unspecified atom stereocenters. The van der Waals surface area contributed by atoms with Crippen molar-refractivity contribution in [3.63, 3.8) is 0 Å². The summed E-state index contributed by atoms with van der Waals surface area (Å²) >= 11 is 6.41. The van der Waals surface area contributed by atoms with Gasteiger partial charge in [-0.05, 0) is 49.4 Å². The number of piperidine rings is 1. The second-order valence-corrected chi connectivity index (χ2v) is 7.70. The molecule has 3 rings (SSSR count). The summed E-state index contributed by atoms with van der Waals surface area (Å²) < 4.78 is 0. The van der Waals surface area contributed by atoms with Crippen molar-refractivity contribution in [1.29, 1.82) is 0 Å². The van der Waals surface area contributed by atoms with E-state index in [1.807, 2.05) is 30.0 Å². The van der Waals surface area contributed by atoms with Gasteiger partial charge in [-0.15, -0.1) is 0 Å². The van der Waals surface area contributed by atoms with E-state index in [4.69, 9.17) is 11.6 Å². The van der Waals surface area contributed by atoms with E-state index in [0.29, 0.717) is 30.6 Å². The monoisotopic (exact) mass is 377 g/mol. The molecule has 2 amide bonds. The molecule has 1 saturated heterocycles. The van der Waals surface area contributed by atoms with Crippen LogP contribution in [0.15, 0.2) is 18.2 Å². The zero-order valence-corrected chi connectivity index (χ0v) is 16.1. The average molecular weight is 378 g/mol. The molecule has 142 valence electrons. The van der Waals surface area contributed by atoms with Crippen molar-refractivity contribution >= 4 is 23.4 Å². The van der Waals surface area contributed by atoms with Crippen LogP contribution in [0.3, 0.4) is 0 Å². The van der Waals surface area contributed by atoms with Gasteiger partial charge in [-0.25, -0.2) is 0 Å². The standard InChI is InChI=1S/C20H28ClN3O2/c1-2-19(25)23-11-14-5-8-18(21)16(10-14)13-24(17-6-7-17)20(26)15-4-3-9-22-12-15/h5,8,10,15,17,22H,2-4,6-7,9,11-13H2,1H3,(H,23,25). The molecule has 1 saturated carbocycles. The molecular formula is C20H28ClN3O2. The Morgan fingerprint density at radius 3 is 2.77 bits per heavy atom. The normalized spacial score (nSPS) is 19.8. The van der Waals surface area contributed by atoms with Crippen LogP contribution in [0.1, 0.15) is 50.2 Å². The lowest BCUT2D eigenvalue weighted by atomic mass is 9.97. The number of amides is 2. The highest BCUT2D eigenvalue weighted by molar-refractivity contribution is 6.31. The van der Waals surface area contributed by atoms with Crippen LogP contribution in [-0.4, -0.2) is 35.8 Å². The number of hydrogen-bond donors (Lipinski definition) is 2. The van der Waals surface area contributed by atoms with Gasteiger partial charge in [0.15, 0.2) is 0 Å². The van der Waals surface area contributed by atoms with Gasteiger partial charge in [0.05, 0.1) is 5.92 Å². The first-order chi connectivity index (χ1) is 12.6. The molecule has 1 aliphatic carbocycles. The number of benzene rings is 1. The zero-order valence-electron chi connectivity index (χ0n) is 15.4. The fourth-order valence-corrected chi connectivity index (χ4v) is 3.62. The molecule has 0 radical (unpaired) electrons. The van der Waals surface area contributed by atoms with Crippen LogP contribution < -0.4 is 10.6 Å². The summed E-state index contributed by atoms with van der Waals surface area (Å²) in [6, 6.07) is 6.15. The van der Waals surface area contributed by atoms with Crippen molar-refractivity contribution in [3.8, 4) is 0 Å². The number of carbonyl (C=O) groups excluding carboxylic acids is 2. The van der Waals surface area contributed by atoms with Gasteiger partial charge in [0.1, 0.15) is 0 Å². The van der Waals surface area contributed by atoms with Crippen LogP contribution >= 0.6 is 11.6 Å². The number of hydrogen-bond acceptors (Lipinski definition) is 3. The molecule has 1 heterocycles. The average Bonchev–Trinajstić information content (AvgIpc) is 3.51. The molecule has 2 fully saturated rings. The summed E-state index contributed by atoms with van der Waals surface area (Å²) in [5.74, 6) is 0.358. The number of halogens is 1. The van der Waals surface area contributed by atoms with Crippen LogP contribution in [0.4, 0.5) is 0 Å². The number of nitrogens with one attached hydrogen (secondary N) is 2. The number of rotatable bonds is 7. The molecule has 5 nitrogen and oxygen atoms in total. The van der Waals surface area contributed by atoms with Crippen molar-refractivity contribution in [1.82, 2.24) is 15.5 Å². The predicted octanol–water partition coefficient (Wildman–Crippen LogP) is 2.86. The van der Waals surface area contributed by atoms with Gasteiger partial charge >= 0.3 is 0 Å². The fraction of sp³-hybridized carbons (Fsp3) is 0.600. The van der Waals surface area contributed by atoms with Gasteiger partial charge in [-0.3, -0.25) is 9.59 Å². The van der Waals surface area contributed by atoms with Crippen molar-refractivity contribution in [2.45, 2.75) is 58.2 Å². The summed E-state index contributed by atoms with van der Waals surface area (Å²) in [6.45, 7) is 4.65. The Kier molecular flexibility index (Phi) is 6.54. The van der Waals surface area contributed by atoms with Gasteiger partial charge in [0.2, 0.25) is 11.8 Å². The van der Waals surface area contributed by atoms with E-state index in [1.54, 1.807) is 0 Å². The largest absolute Gasteiger partial charge is 0.352 e. The molecule has 1 aromatic rings. The Morgan fingerprint density at radius 1 is 1.31 bits per heavy atom. The smallest absolute Gasteiger partial charge is 0.227 e. The zero-order chi connectivity index (χ0) is 18.5. The first kappa shape index (κ1) is 19.2. The summed E-state index contributed by atoms with van der Waals surface area (Å²) in [7, 11) is 0. The molecule has 2 N–H and O–H groups in total. The van der Waals surface area contributed by atoms with Crippen LogP contribution in [0.2, 0.25) is 5.02 Å². The quantitative estimate of drug-likeness (QED) is 0.768. The lowest BCUT2D eigenvalue weighted by Gasteiger charge is -2.30. The molecule has 26 heavy (non-hydrogen) atoms.